The first-order valence-electron chi connectivity index (χ1n) is 7.35. The zero-order valence-corrected chi connectivity index (χ0v) is 13.9. The van der Waals surface area contributed by atoms with Gasteiger partial charge in [-0.15, -0.1) is 0 Å². The van der Waals surface area contributed by atoms with E-state index in [1.165, 1.54) is 4.90 Å². The van der Waals surface area contributed by atoms with Crippen molar-refractivity contribution in [3.05, 3.63) is 0 Å². The van der Waals surface area contributed by atoms with Crippen molar-refractivity contribution in [3.63, 3.8) is 0 Å². The summed E-state index contributed by atoms with van der Waals surface area (Å²) in [5.74, 6) is -3.67. The zero-order chi connectivity index (χ0) is 17.3. The third-order valence-corrected chi connectivity index (χ3v) is 3.15. The van der Waals surface area contributed by atoms with Crippen LogP contribution < -0.4 is 0 Å². The first-order chi connectivity index (χ1) is 10.2. The van der Waals surface area contributed by atoms with Crippen LogP contribution in [0.25, 0.3) is 0 Å². The fraction of sp³-hybridized carbons (Fsp3) is 0.733. The van der Waals surface area contributed by atoms with Crippen LogP contribution in [0.2, 0.25) is 0 Å². The summed E-state index contributed by atoms with van der Waals surface area (Å²) < 4.78 is 10.4. The molecule has 0 fully saturated rings. The van der Waals surface area contributed by atoms with Gasteiger partial charge >= 0.3 is 17.8 Å². The molecule has 0 radical (unpaired) electrons. The SMILES string of the molecule is CCC(=O)CC(=O)OC(CC)(OC(=O)CC(=O)CC)N(C)C. The molecule has 0 aliphatic rings. The van der Waals surface area contributed by atoms with Gasteiger partial charge in [0, 0.05) is 19.3 Å². The summed E-state index contributed by atoms with van der Waals surface area (Å²) in [6, 6.07) is 0. The Bertz CT molecular complexity index is 398. The average Bonchev–Trinajstić information content (AvgIpc) is 2.45. The van der Waals surface area contributed by atoms with Gasteiger partial charge in [0.25, 0.3) is 0 Å². The van der Waals surface area contributed by atoms with E-state index in [1.807, 2.05) is 0 Å². The summed E-state index contributed by atoms with van der Waals surface area (Å²) >= 11 is 0. The Balaban J connectivity index is 5.00. The molecule has 0 unspecified atom stereocenters. The van der Waals surface area contributed by atoms with E-state index < -0.39 is 17.8 Å². The van der Waals surface area contributed by atoms with Crippen LogP contribution in [0, 0.1) is 0 Å². The predicted octanol–water partition coefficient (Wildman–Crippen LogP) is 1.44. The number of hydrogen-bond donors (Lipinski definition) is 0. The molecule has 0 aliphatic heterocycles. The molecule has 0 N–H and O–H groups in total. The molecule has 126 valence electrons. The van der Waals surface area contributed by atoms with E-state index in [4.69, 9.17) is 9.47 Å². The highest BCUT2D eigenvalue weighted by Crippen LogP contribution is 2.23. The number of Topliss-reactive ketones (excluding diaryl/α,β-unsaturated/α-hetero) is 2. The second-order valence-electron chi connectivity index (χ2n) is 5.05. The summed E-state index contributed by atoms with van der Waals surface area (Å²) in [5, 5.41) is 0. The monoisotopic (exact) mass is 315 g/mol. The average molecular weight is 315 g/mol. The smallest absolute Gasteiger partial charge is 0.319 e. The van der Waals surface area contributed by atoms with Crippen LogP contribution in [-0.4, -0.2) is 48.4 Å². The van der Waals surface area contributed by atoms with Gasteiger partial charge in [-0.2, -0.15) is 0 Å². The molecule has 7 heteroatoms. The minimum absolute atomic E-state index is 0.165. The molecule has 0 aliphatic carbocycles. The lowest BCUT2D eigenvalue weighted by atomic mass is 10.2. The number of carbonyl (C=O) groups is 4. The first kappa shape index (κ1) is 20.2. The summed E-state index contributed by atoms with van der Waals surface area (Å²) in [6.07, 6.45) is -0.144. The lowest BCUT2D eigenvalue weighted by molar-refractivity contribution is -0.279. The van der Waals surface area contributed by atoms with Crippen molar-refractivity contribution in [2.45, 2.75) is 58.8 Å². The minimum Gasteiger partial charge on any atom is -0.408 e. The minimum atomic E-state index is -1.61. The van der Waals surface area contributed by atoms with E-state index >= 15 is 0 Å². The maximum absolute atomic E-state index is 11.8. The van der Waals surface area contributed by atoms with Crippen molar-refractivity contribution in [2.24, 2.45) is 0 Å². The molecule has 0 aromatic rings. The molecule has 0 spiro atoms. The molecule has 0 aromatic carbocycles. The van der Waals surface area contributed by atoms with Crippen LogP contribution in [0.15, 0.2) is 0 Å². The number of ether oxygens (including phenoxy) is 2. The molecule has 0 saturated heterocycles. The summed E-state index contributed by atoms with van der Waals surface area (Å²) in [6.45, 7) is 4.96. The Morgan fingerprint density at radius 2 is 1.18 bits per heavy atom. The van der Waals surface area contributed by atoms with Crippen LogP contribution in [0.5, 0.6) is 0 Å². The number of nitrogens with zero attached hydrogens (tertiary/aromatic N) is 1. The molecule has 0 saturated carbocycles. The Labute approximate surface area is 130 Å². The van der Waals surface area contributed by atoms with Crippen molar-refractivity contribution in [2.75, 3.05) is 14.1 Å². The fourth-order valence-electron chi connectivity index (χ4n) is 1.66. The number of ketones is 2. The highest BCUT2D eigenvalue weighted by molar-refractivity contribution is 5.96. The molecular weight excluding hydrogens is 290 g/mol. The van der Waals surface area contributed by atoms with E-state index in [2.05, 4.69) is 0 Å². The third-order valence-electron chi connectivity index (χ3n) is 3.15. The van der Waals surface area contributed by atoms with Gasteiger partial charge in [-0.1, -0.05) is 20.8 Å². The second kappa shape index (κ2) is 9.30. The Morgan fingerprint density at radius 1 is 0.818 bits per heavy atom. The van der Waals surface area contributed by atoms with Crippen molar-refractivity contribution in [1.29, 1.82) is 0 Å². The standard InChI is InChI=1S/C15H25NO6/c1-6-11(17)9-13(19)21-15(8-3,16(4)5)22-14(20)10-12(18)7-2/h6-10H2,1-5H3. The van der Waals surface area contributed by atoms with E-state index in [9.17, 15) is 19.2 Å². The molecule has 0 heterocycles. The summed E-state index contributed by atoms with van der Waals surface area (Å²) in [5.41, 5.74) is 0. The van der Waals surface area contributed by atoms with Crippen molar-refractivity contribution < 1.29 is 28.7 Å². The van der Waals surface area contributed by atoms with Crippen LogP contribution in [-0.2, 0) is 28.7 Å². The Kier molecular flexibility index (Phi) is 8.55. The predicted molar refractivity (Wildman–Crippen MR) is 78.7 cm³/mol. The summed E-state index contributed by atoms with van der Waals surface area (Å²) in [7, 11) is 3.15. The van der Waals surface area contributed by atoms with E-state index in [-0.39, 0.29) is 43.7 Å². The van der Waals surface area contributed by atoms with Crippen LogP contribution >= 0.6 is 0 Å². The van der Waals surface area contributed by atoms with Gasteiger partial charge in [-0.25, -0.2) is 4.90 Å². The normalized spacial score (nSPS) is 11.2. The maximum Gasteiger partial charge on any atom is 0.319 e. The largest absolute Gasteiger partial charge is 0.408 e. The van der Waals surface area contributed by atoms with Crippen LogP contribution in [0.1, 0.15) is 52.9 Å². The van der Waals surface area contributed by atoms with Gasteiger partial charge < -0.3 is 9.47 Å². The van der Waals surface area contributed by atoms with E-state index in [1.54, 1.807) is 34.9 Å². The molecule has 0 bridgehead atoms. The van der Waals surface area contributed by atoms with Crippen LogP contribution in [0.3, 0.4) is 0 Å². The van der Waals surface area contributed by atoms with Crippen molar-refractivity contribution in [1.82, 2.24) is 4.90 Å². The zero-order valence-electron chi connectivity index (χ0n) is 13.9. The lowest BCUT2D eigenvalue weighted by Gasteiger charge is -2.36. The molecule has 0 atom stereocenters. The molecule has 0 aromatic heterocycles. The molecule has 0 rings (SSSR count). The van der Waals surface area contributed by atoms with Crippen LogP contribution in [0.4, 0.5) is 0 Å². The molecule has 22 heavy (non-hydrogen) atoms. The van der Waals surface area contributed by atoms with E-state index in [0.29, 0.717) is 0 Å². The lowest BCUT2D eigenvalue weighted by Crippen LogP contribution is -2.51. The molecule has 0 amide bonds. The third kappa shape index (κ3) is 6.34. The second-order valence-corrected chi connectivity index (χ2v) is 5.05. The van der Waals surface area contributed by atoms with Gasteiger partial charge in [0.2, 0.25) is 0 Å². The van der Waals surface area contributed by atoms with Crippen molar-refractivity contribution in [3.8, 4) is 0 Å². The highest BCUT2D eigenvalue weighted by atomic mass is 16.8. The maximum atomic E-state index is 11.8. The molecule has 7 nitrogen and oxygen atoms in total. The fourth-order valence-corrected chi connectivity index (χ4v) is 1.66. The topological polar surface area (TPSA) is 90.0 Å². The number of esters is 2. The van der Waals surface area contributed by atoms with Gasteiger partial charge in [0.05, 0.1) is 0 Å². The molecular formula is C15H25NO6. The number of rotatable bonds is 10. The Hall–Kier alpha value is -1.76. The van der Waals surface area contributed by atoms with Gasteiger partial charge in [0.15, 0.2) is 0 Å². The quantitative estimate of drug-likeness (QED) is 0.342. The van der Waals surface area contributed by atoms with E-state index in [0.717, 1.165) is 0 Å². The summed E-state index contributed by atoms with van der Waals surface area (Å²) in [4.78, 5) is 47.7. The Morgan fingerprint density at radius 3 is 1.41 bits per heavy atom. The number of hydrogen-bond acceptors (Lipinski definition) is 7. The van der Waals surface area contributed by atoms with Crippen molar-refractivity contribution >= 4 is 23.5 Å². The highest BCUT2D eigenvalue weighted by Gasteiger charge is 2.40. The van der Waals surface area contributed by atoms with Gasteiger partial charge in [-0.3, -0.25) is 19.2 Å². The first-order valence-corrected chi connectivity index (χ1v) is 7.35. The van der Waals surface area contributed by atoms with Gasteiger partial charge in [-0.05, 0) is 14.1 Å². The number of carbonyl (C=O) groups excluding carboxylic acids is 4. The van der Waals surface area contributed by atoms with Gasteiger partial charge in [0.1, 0.15) is 24.4 Å².